The molecule has 25 heavy (non-hydrogen) atoms. The summed E-state index contributed by atoms with van der Waals surface area (Å²) in [4.78, 5) is 10.3. The monoisotopic (exact) mass is 393 g/mol. The van der Waals surface area contributed by atoms with Crippen LogP contribution in [-0.4, -0.2) is 49.2 Å². The smallest absolute Gasteiger partial charge is 0.377 e. The Morgan fingerprint density at radius 1 is 1.08 bits per heavy atom. The van der Waals surface area contributed by atoms with Crippen LogP contribution in [0.1, 0.15) is 18.4 Å². The van der Waals surface area contributed by atoms with Crippen molar-refractivity contribution in [3.05, 3.63) is 39.9 Å². The summed E-state index contributed by atoms with van der Waals surface area (Å²) < 4.78 is 44.6. The molecule has 1 aromatic rings. The van der Waals surface area contributed by atoms with E-state index in [-0.39, 0.29) is 23.6 Å². The molecule has 0 spiro atoms. The maximum absolute atomic E-state index is 11.9. The third kappa shape index (κ3) is 6.80. The first-order valence-electron chi connectivity index (χ1n) is 7.54. The highest BCUT2D eigenvalue weighted by Crippen LogP contribution is 2.20. The van der Waals surface area contributed by atoms with Gasteiger partial charge in [-0.1, -0.05) is 12.1 Å². The van der Waals surface area contributed by atoms with Gasteiger partial charge in [-0.2, -0.15) is 8.42 Å². The number of rotatable bonds is 12. The van der Waals surface area contributed by atoms with E-state index in [0.717, 1.165) is 0 Å². The third-order valence-corrected chi connectivity index (χ3v) is 7.74. The average molecular weight is 393 g/mol. The van der Waals surface area contributed by atoms with Crippen molar-refractivity contribution in [2.24, 2.45) is 0 Å². The average Bonchev–Trinajstić information content (AvgIpc) is 2.61. The normalized spacial score (nSPS) is 12.3. The number of nitrogens with zero attached hydrogens (tertiary/aromatic N) is 1. The summed E-state index contributed by atoms with van der Waals surface area (Å²) in [5.74, 6) is -0.199. The lowest BCUT2D eigenvalue weighted by atomic mass is 10.2. The first-order chi connectivity index (χ1) is 11.8. The van der Waals surface area contributed by atoms with Crippen LogP contribution >= 0.6 is 0 Å². The number of unbranched alkanes of at least 4 members (excludes halogenated alkanes) is 1. The molecule has 0 unspecified atom stereocenters. The summed E-state index contributed by atoms with van der Waals surface area (Å²) in [6.07, 6.45) is 0.861. The molecule has 0 heterocycles. The van der Waals surface area contributed by atoms with Gasteiger partial charge in [0, 0.05) is 33.4 Å². The van der Waals surface area contributed by atoms with Gasteiger partial charge in [-0.05, 0) is 18.9 Å². The van der Waals surface area contributed by atoms with E-state index in [1.807, 2.05) is 0 Å². The van der Waals surface area contributed by atoms with Gasteiger partial charge in [0.05, 0.1) is 22.8 Å². The Balaban J connectivity index is 2.51. The zero-order chi connectivity index (χ0) is 18.9. The van der Waals surface area contributed by atoms with Gasteiger partial charge >= 0.3 is 8.80 Å². The second-order valence-electron chi connectivity index (χ2n) is 5.16. The van der Waals surface area contributed by atoms with Crippen molar-refractivity contribution in [2.75, 3.05) is 27.1 Å². The van der Waals surface area contributed by atoms with Crippen LogP contribution < -0.4 is 0 Å². The molecule has 0 aliphatic carbocycles. The lowest BCUT2D eigenvalue weighted by Gasteiger charge is -2.24. The van der Waals surface area contributed by atoms with E-state index in [4.69, 9.17) is 17.5 Å². The molecule has 0 N–H and O–H groups in total. The van der Waals surface area contributed by atoms with Crippen LogP contribution in [0.4, 0.5) is 5.69 Å². The number of para-hydroxylation sites is 1. The van der Waals surface area contributed by atoms with Crippen LogP contribution in [0.2, 0.25) is 6.04 Å². The van der Waals surface area contributed by atoms with Crippen molar-refractivity contribution in [3.8, 4) is 0 Å². The summed E-state index contributed by atoms with van der Waals surface area (Å²) in [5, 5.41) is 10.9. The Labute approximate surface area is 148 Å². The topological polar surface area (TPSA) is 114 Å². The number of benzene rings is 1. The van der Waals surface area contributed by atoms with Gasteiger partial charge in [0.15, 0.2) is 0 Å². The molecule has 1 aromatic carbocycles. The Morgan fingerprint density at radius 2 is 1.68 bits per heavy atom. The van der Waals surface area contributed by atoms with E-state index in [0.29, 0.717) is 18.9 Å². The van der Waals surface area contributed by atoms with Crippen LogP contribution in [0, 0.1) is 10.1 Å². The predicted octanol–water partition coefficient (Wildman–Crippen LogP) is 2.10. The Morgan fingerprint density at radius 3 is 2.24 bits per heavy atom. The quantitative estimate of drug-likeness (QED) is 0.174. The van der Waals surface area contributed by atoms with E-state index in [1.54, 1.807) is 6.07 Å². The molecule has 0 amide bonds. The Bertz CT molecular complexity index is 654. The zero-order valence-electron chi connectivity index (χ0n) is 14.5. The van der Waals surface area contributed by atoms with Gasteiger partial charge in [0.2, 0.25) is 0 Å². The molecular formula is C14H23NO8SSi. The van der Waals surface area contributed by atoms with Crippen LogP contribution in [0.5, 0.6) is 0 Å². The number of nitro benzene ring substituents is 1. The Kier molecular flexibility index (Phi) is 8.62. The second kappa shape index (κ2) is 9.94. The first-order valence-corrected chi connectivity index (χ1v) is 11.0. The van der Waals surface area contributed by atoms with Gasteiger partial charge in [-0.3, -0.25) is 14.3 Å². The van der Waals surface area contributed by atoms with E-state index < -0.39 is 23.8 Å². The zero-order valence-corrected chi connectivity index (χ0v) is 16.3. The third-order valence-electron chi connectivity index (χ3n) is 3.64. The van der Waals surface area contributed by atoms with Crippen molar-refractivity contribution in [3.63, 3.8) is 0 Å². The molecule has 9 nitrogen and oxygen atoms in total. The lowest BCUT2D eigenvalue weighted by molar-refractivity contribution is -0.385. The molecule has 0 saturated heterocycles. The van der Waals surface area contributed by atoms with Crippen LogP contribution in [0.15, 0.2) is 24.3 Å². The summed E-state index contributed by atoms with van der Waals surface area (Å²) in [7, 11) is -2.03. The van der Waals surface area contributed by atoms with Crippen LogP contribution in [0.3, 0.4) is 0 Å². The summed E-state index contributed by atoms with van der Waals surface area (Å²) in [5.41, 5.74) is 0.0365. The van der Waals surface area contributed by atoms with Crippen molar-refractivity contribution in [1.29, 1.82) is 0 Å². The molecule has 0 atom stereocenters. The van der Waals surface area contributed by atoms with E-state index in [1.165, 1.54) is 39.5 Å². The number of nitro groups is 1. The lowest BCUT2D eigenvalue weighted by Crippen LogP contribution is -2.42. The highest BCUT2D eigenvalue weighted by Gasteiger charge is 2.36. The molecule has 11 heteroatoms. The van der Waals surface area contributed by atoms with E-state index in [9.17, 15) is 18.5 Å². The van der Waals surface area contributed by atoms with E-state index >= 15 is 0 Å². The second-order valence-corrected chi connectivity index (χ2v) is 10.0. The number of hydrogen-bond acceptors (Lipinski definition) is 8. The fraction of sp³-hybridized carbons (Fsp3) is 0.571. The molecule has 0 fully saturated rings. The highest BCUT2D eigenvalue weighted by atomic mass is 32.2. The standard InChI is InChI=1S/C14H23NO8SSi/c1-20-25(21-2,22-3)11-7-6-10-24(18,19)23-12-13-8-4-5-9-14(13)15(16)17/h4-5,8-9H,6-7,10-12H2,1-3H3. The maximum atomic E-state index is 11.9. The molecule has 0 aliphatic rings. The largest absolute Gasteiger partial charge is 0.500 e. The molecule has 0 saturated carbocycles. The van der Waals surface area contributed by atoms with Gasteiger partial charge in [0.1, 0.15) is 0 Å². The maximum Gasteiger partial charge on any atom is 0.500 e. The number of hydrogen-bond donors (Lipinski definition) is 0. The molecule has 142 valence electrons. The molecule has 1 rings (SSSR count). The summed E-state index contributed by atoms with van der Waals surface area (Å²) >= 11 is 0. The van der Waals surface area contributed by atoms with Crippen molar-refractivity contribution in [1.82, 2.24) is 0 Å². The molecule has 0 bridgehead atoms. The molecule has 0 aliphatic heterocycles. The SMILES string of the molecule is CO[Si](CCCCS(=O)(=O)OCc1ccccc1[N+](=O)[O-])(OC)OC. The summed E-state index contributed by atoms with van der Waals surface area (Å²) in [6, 6.07) is 6.34. The van der Waals surface area contributed by atoms with Crippen molar-refractivity contribution < 1.29 is 30.8 Å². The van der Waals surface area contributed by atoms with Crippen molar-refractivity contribution >= 4 is 24.6 Å². The minimum absolute atomic E-state index is 0.172. The van der Waals surface area contributed by atoms with Crippen LogP contribution in [-0.2, 0) is 34.2 Å². The van der Waals surface area contributed by atoms with Crippen LogP contribution in [0.25, 0.3) is 0 Å². The fourth-order valence-corrected chi connectivity index (χ4v) is 4.98. The van der Waals surface area contributed by atoms with Crippen molar-refractivity contribution in [2.45, 2.75) is 25.5 Å². The highest BCUT2D eigenvalue weighted by molar-refractivity contribution is 7.86. The molecule has 0 radical (unpaired) electrons. The minimum Gasteiger partial charge on any atom is -0.377 e. The van der Waals surface area contributed by atoms with Gasteiger partial charge < -0.3 is 13.3 Å². The van der Waals surface area contributed by atoms with Gasteiger partial charge in [-0.25, -0.2) is 0 Å². The predicted molar refractivity (Wildman–Crippen MR) is 92.5 cm³/mol. The van der Waals surface area contributed by atoms with Gasteiger partial charge in [-0.15, -0.1) is 0 Å². The van der Waals surface area contributed by atoms with Gasteiger partial charge in [0.25, 0.3) is 15.8 Å². The van der Waals surface area contributed by atoms with E-state index in [2.05, 4.69) is 0 Å². The summed E-state index contributed by atoms with van der Waals surface area (Å²) in [6.45, 7) is -0.369. The Hall–Kier alpha value is -1.37. The minimum atomic E-state index is -3.79. The fourth-order valence-electron chi connectivity index (χ4n) is 2.20. The molecule has 0 aromatic heterocycles. The first kappa shape index (κ1) is 21.7. The molecular weight excluding hydrogens is 370 g/mol.